The summed E-state index contributed by atoms with van der Waals surface area (Å²) in [6.45, 7) is 6.20. The largest absolute Gasteiger partial charge is 0.397 e. The lowest BCUT2D eigenvalue weighted by atomic mass is 10.0. The number of hydrogen-bond donors (Lipinski definition) is 2. The van der Waals surface area contributed by atoms with Crippen LogP contribution in [0.3, 0.4) is 0 Å². The fourth-order valence-electron chi connectivity index (χ4n) is 3.38. The van der Waals surface area contributed by atoms with E-state index in [1.54, 1.807) is 12.1 Å². The Morgan fingerprint density at radius 3 is 2.93 bits per heavy atom. The minimum absolute atomic E-state index is 0.345. The predicted molar refractivity (Wildman–Crippen MR) is 108 cm³/mol. The van der Waals surface area contributed by atoms with Crippen LogP contribution >= 0.6 is 11.3 Å². The third kappa shape index (κ3) is 3.40. The zero-order chi connectivity index (χ0) is 19.1. The van der Waals surface area contributed by atoms with Crippen LogP contribution in [0.4, 0.5) is 15.8 Å². The molecule has 140 valence electrons. The molecule has 0 radical (unpaired) electrons. The molecular formula is C20H21FN4OS. The minimum Gasteiger partial charge on any atom is -0.397 e. The van der Waals surface area contributed by atoms with Crippen LogP contribution in [0.1, 0.15) is 34.8 Å². The molecule has 3 aromatic rings. The summed E-state index contributed by atoms with van der Waals surface area (Å²) in [5.74, 6) is -0.746. The van der Waals surface area contributed by atoms with E-state index in [2.05, 4.69) is 30.1 Å². The SMILES string of the molecule is CC(C)N1CCc2nc3sc(C(=O)Nc4cccc(F)c4)c(N)c3cc2C1. The van der Waals surface area contributed by atoms with Crippen molar-refractivity contribution in [3.63, 3.8) is 0 Å². The van der Waals surface area contributed by atoms with Gasteiger partial charge in [0.05, 0.1) is 5.69 Å². The zero-order valence-corrected chi connectivity index (χ0v) is 16.1. The van der Waals surface area contributed by atoms with E-state index in [1.807, 2.05) is 0 Å². The molecule has 1 amide bonds. The molecule has 7 heteroatoms. The average molecular weight is 384 g/mol. The fourth-order valence-corrected chi connectivity index (χ4v) is 4.37. The van der Waals surface area contributed by atoms with E-state index < -0.39 is 5.82 Å². The first-order chi connectivity index (χ1) is 12.9. The number of carbonyl (C=O) groups excluding carboxylic acids is 1. The Bertz CT molecular complexity index is 1030. The summed E-state index contributed by atoms with van der Waals surface area (Å²) in [4.78, 5) is 21.0. The Morgan fingerprint density at radius 1 is 1.37 bits per heavy atom. The molecule has 1 aliphatic rings. The third-order valence-corrected chi connectivity index (χ3v) is 6.03. The number of aromatic nitrogens is 1. The number of fused-ring (bicyclic) bond motifs is 2. The zero-order valence-electron chi connectivity index (χ0n) is 15.3. The van der Waals surface area contributed by atoms with Gasteiger partial charge in [0.2, 0.25) is 0 Å². The van der Waals surface area contributed by atoms with Crippen LogP contribution in [0.25, 0.3) is 10.2 Å². The van der Waals surface area contributed by atoms with E-state index in [1.165, 1.54) is 29.0 Å². The van der Waals surface area contributed by atoms with E-state index in [4.69, 9.17) is 10.7 Å². The third-order valence-electron chi connectivity index (χ3n) is 4.92. The number of rotatable bonds is 3. The summed E-state index contributed by atoms with van der Waals surface area (Å²) in [5, 5.41) is 3.52. The normalized spacial score (nSPS) is 14.5. The first-order valence-electron chi connectivity index (χ1n) is 8.94. The van der Waals surface area contributed by atoms with Gasteiger partial charge in [-0.15, -0.1) is 11.3 Å². The monoisotopic (exact) mass is 384 g/mol. The number of benzene rings is 1. The van der Waals surface area contributed by atoms with Crippen molar-refractivity contribution in [1.29, 1.82) is 0 Å². The van der Waals surface area contributed by atoms with Crippen molar-refractivity contribution in [2.75, 3.05) is 17.6 Å². The summed E-state index contributed by atoms with van der Waals surface area (Å²) in [6.07, 6.45) is 0.895. The second-order valence-electron chi connectivity index (χ2n) is 7.07. The van der Waals surface area contributed by atoms with Crippen LogP contribution in [-0.4, -0.2) is 28.4 Å². The maximum Gasteiger partial charge on any atom is 0.267 e. The molecule has 0 saturated heterocycles. The number of amides is 1. The molecule has 0 saturated carbocycles. The highest BCUT2D eigenvalue weighted by Crippen LogP contribution is 2.35. The molecule has 0 fully saturated rings. The van der Waals surface area contributed by atoms with Gasteiger partial charge in [0.1, 0.15) is 15.5 Å². The molecule has 3 N–H and O–H groups in total. The molecule has 1 aliphatic heterocycles. The Balaban J connectivity index is 1.67. The summed E-state index contributed by atoms with van der Waals surface area (Å²) in [6, 6.07) is 8.34. The Morgan fingerprint density at radius 2 is 2.19 bits per heavy atom. The van der Waals surface area contributed by atoms with Crippen molar-refractivity contribution >= 4 is 38.8 Å². The highest BCUT2D eigenvalue weighted by molar-refractivity contribution is 7.21. The quantitative estimate of drug-likeness (QED) is 0.715. The number of nitrogens with two attached hydrogens (primary N) is 1. The molecule has 2 aromatic heterocycles. The Hall–Kier alpha value is -2.51. The van der Waals surface area contributed by atoms with E-state index in [0.717, 1.165) is 35.4 Å². The smallest absolute Gasteiger partial charge is 0.267 e. The number of nitrogens with one attached hydrogen (secondary N) is 1. The number of nitrogens with zero attached hydrogens (tertiary/aromatic N) is 2. The van der Waals surface area contributed by atoms with Crippen molar-refractivity contribution in [2.24, 2.45) is 0 Å². The maximum atomic E-state index is 13.3. The lowest BCUT2D eigenvalue weighted by molar-refractivity contribution is 0.103. The first-order valence-corrected chi connectivity index (χ1v) is 9.75. The molecule has 0 spiro atoms. The van der Waals surface area contributed by atoms with E-state index in [0.29, 0.717) is 22.3 Å². The number of nitrogen functional groups attached to an aromatic ring is 1. The van der Waals surface area contributed by atoms with Crippen LogP contribution in [0, 0.1) is 5.82 Å². The van der Waals surface area contributed by atoms with Gasteiger partial charge in [-0.25, -0.2) is 9.37 Å². The van der Waals surface area contributed by atoms with Gasteiger partial charge in [0.15, 0.2) is 0 Å². The maximum absolute atomic E-state index is 13.3. The van der Waals surface area contributed by atoms with Gasteiger partial charge in [0.25, 0.3) is 5.91 Å². The average Bonchev–Trinajstić information content (AvgIpc) is 2.95. The second kappa shape index (κ2) is 6.90. The molecule has 27 heavy (non-hydrogen) atoms. The first kappa shape index (κ1) is 17.9. The molecule has 4 rings (SSSR count). The van der Waals surface area contributed by atoms with Crippen molar-refractivity contribution in [3.8, 4) is 0 Å². The predicted octanol–water partition coefficient (Wildman–Crippen LogP) is 4.04. The van der Waals surface area contributed by atoms with Gasteiger partial charge < -0.3 is 11.1 Å². The van der Waals surface area contributed by atoms with Gasteiger partial charge >= 0.3 is 0 Å². The van der Waals surface area contributed by atoms with Crippen LogP contribution in [0.5, 0.6) is 0 Å². The van der Waals surface area contributed by atoms with E-state index in [9.17, 15) is 9.18 Å². The molecule has 5 nitrogen and oxygen atoms in total. The number of thiophene rings is 1. The Kier molecular flexibility index (Phi) is 4.57. The molecular weight excluding hydrogens is 363 g/mol. The summed E-state index contributed by atoms with van der Waals surface area (Å²) in [7, 11) is 0. The lowest BCUT2D eigenvalue weighted by Gasteiger charge is -2.31. The molecule has 0 aliphatic carbocycles. The lowest BCUT2D eigenvalue weighted by Crippen LogP contribution is -2.36. The fraction of sp³-hybridized carbons (Fsp3) is 0.300. The molecule has 1 aromatic carbocycles. The molecule has 0 unspecified atom stereocenters. The second-order valence-corrected chi connectivity index (χ2v) is 8.07. The minimum atomic E-state index is -0.402. The number of anilines is 2. The molecule has 3 heterocycles. The summed E-state index contributed by atoms with van der Waals surface area (Å²) >= 11 is 1.28. The summed E-state index contributed by atoms with van der Waals surface area (Å²) < 4.78 is 13.3. The standard InChI is InChI=1S/C20H21FN4OS/c1-11(2)25-7-6-16-12(10-25)8-15-17(22)18(27-20(15)24-16)19(26)23-14-5-3-4-13(21)9-14/h3-5,8-9,11H,6-7,10,22H2,1-2H3,(H,23,26). The van der Waals surface area contributed by atoms with E-state index >= 15 is 0 Å². The van der Waals surface area contributed by atoms with Crippen molar-refractivity contribution in [2.45, 2.75) is 32.9 Å². The highest BCUT2D eigenvalue weighted by atomic mass is 32.1. The van der Waals surface area contributed by atoms with Gasteiger partial charge in [0, 0.05) is 42.3 Å². The van der Waals surface area contributed by atoms with Gasteiger partial charge in [-0.2, -0.15) is 0 Å². The van der Waals surface area contributed by atoms with Crippen LogP contribution in [-0.2, 0) is 13.0 Å². The van der Waals surface area contributed by atoms with Crippen LogP contribution in [0.15, 0.2) is 30.3 Å². The number of pyridine rings is 1. The molecule has 0 bridgehead atoms. The van der Waals surface area contributed by atoms with Crippen molar-refractivity contribution in [1.82, 2.24) is 9.88 Å². The summed E-state index contributed by atoms with van der Waals surface area (Å²) in [5.41, 5.74) is 9.36. The topological polar surface area (TPSA) is 71.2 Å². The van der Waals surface area contributed by atoms with Crippen molar-refractivity contribution in [3.05, 3.63) is 52.3 Å². The molecule has 0 atom stereocenters. The highest BCUT2D eigenvalue weighted by Gasteiger charge is 2.23. The number of carbonyl (C=O) groups is 1. The van der Waals surface area contributed by atoms with Crippen LogP contribution < -0.4 is 11.1 Å². The van der Waals surface area contributed by atoms with E-state index in [-0.39, 0.29) is 5.91 Å². The van der Waals surface area contributed by atoms with Gasteiger partial charge in [-0.05, 0) is 43.7 Å². The number of hydrogen-bond acceptors (Lipinski definition) is 5. The van der Waals surface area contributed by atoms with Gasteiger partial charge in [-0.3, -0.25) is 9.69 Å². The Labute approximate surface area is 161 Å². The number of halogens is 1. The van der Waals surface area contributed by atoms with Crippen LogP contribution in [0.2, 0.25) is 0 Å². The van der Waals surface area contributed by atoms with Crippen molar-refractivity contribution < 1.29 is 9.18 Å². The van der Waals surface area contributed by atoms with Gasteiger partial charge in [-0.1, -0.05) is 6.07 Å².